The Kier molecular flexibility index (Phi) is 6.36. The van der Waals surface area contributed by atoms with Crippen LogP contribution in [0.4, 0.5) is 11.5 Å². The fraction of sp³-hybridized carbons (Fsp3) is 0.0909. The molecule has 0 fully saturated rings. The topological polar surface area (TPSA) is 65.5 Å². The molecule has 1 aromatic heterocycles. The molecule has 0 saturated carbocycles. The summed E-state index contributed by atoms with van der Waals surface area (Å²) in [6.07, 6.45) is 1.51. The number of ether oxygens (including phenoxy) is 3. The molecule has 0 aliphatic heterocycles. The van der Waals surface area contributed by atoms with Crippen molar-refractivity contribution in [2.24, 2.45) is 0 Å². The van der Waals surface area contributed by atoms with Gasteiger partial charge in [-0.05, 0) is 30.3 Å². The molecule has 0 spiro atoms. The molecule has 4 rings (SSSR count). The van der Waals surface area contributed by atoms with Crippen LogP contribution in [0.5, 0.6) is 23.0 Å². The lowest BCUT2D eigenvalue weighted by Crippen LogP contribution is -1.98. The van der Waals surface area contributed by atoms with Gasteiger partial charge in [-0.1, -0.05) is 24.3 Å². The van der Waals surface area contributed by atoms with E-state index in [0.29, 0.717) is 17.3 Å². The Morgan fingerprint density at radius 1 is 0.759 bits per heavy atom. The Balaban J connectivity index is 0.00000240. The number of nitrogens with zero attached hydrogens (tertiary/aromatic N) is 2. The zero-order valence-electron chi connectivity index (χ0n) is 16.0. The Morgan fingerprint density at radius 2 is 1.48 bits per heavy atom. The normalized spacial score (nSPS) is 10.1. The summed E-state index contributed by atoms with van der Waals surface area (Å²) >= 11 is 0. The van der Waals surface area contributed by atoms with Gasteiger partial charge in [0.05, 0.1) is 19.7 Å². The van der Waals surface area contributed by atoms with Gasteiger partial charge in [0.2, 0.25) is 0 Å². The zero-order chi connectivity index (χ0) is 19.3. The van der Waals surface area contributed by atoms with Crippen molar-refractivity contribution in [2.75, 3.05) is 19.5 Å². The van der Waals surface area contributed by atoms with Gasteiger partial charge in [0.25, 0.3) is 0 Å². The first-order valence-electron chi connectivity index (χ1n) is 8.73. The van der Waals surface area contributed by atoms with Crippen molar-refractivity contribution in [1.29, 1.82) is 0 Å². The number of hydrogen-bond acceptors (Lipinski definition) is 6. The molecule has 4 aromatic rings. The van der Waals surface area contributed by atoms with Gasteiger partial charge in [-0.15, -0.1) is 12.4 Å². The SMILES string of the molecule is COc1cc2ncnc(Nc3cccc(Oc4ccccc4)c3)c2cc1OC.Cl. The van der Waals surface area contributed by atoms with Crippen molar-refractivity contribution >= 4 is 34.8 Å². The molecule has 0 aliphatic carbocycles. The number of halogens is 1. The molecule has 1 N–H and O–H groups in total. The third kappa shape index (κ3) is 4.50. The lowest BCUT2D eigenvalue weighted by atomic mass is 10.2. The van der Waals surface area contributed by atoms with Gasteiger partial charge in [-0.2, -0.15) is 0 Å². The molecule has 0 bridgehead atoms. The molecule has 6 nitrogen and oxygen atoms in total. The molecule has 3 aromatic carbocycles. The molecule has 148 valence electrons. The van der Waals surface area contributed by atoms with Crippen LogP contribution in [0.25, 0.3) is 10.9 Å². The number of rotatable bonds is 6. The lowest BCUT2D eigenvalue weighted by molar-refractivity contribution is 0.356. The van der Waals surface area contributed by atoms with E-state index in [2.05, 4.69) is 15.3 Å². The van der Waals surface area contributed by atoms with Crippen molar-refractivity contribution in [3.8, 4) is 23.0 Å². The maximum Gasteiger partial charge on any atom is 0.162 e. The molecule has 0 atom stereocenters. The minimum absolute atomic E-state index is 0. The van der Waals surface area contributed by atoms with Crippen molar-refractivity contribution in [1.82, 2.24) is 9.97 Å². The van der Waals surface area contributed by atoms with E-state index in [-0.39, 0.29) is 12.4 Å². The molecule has 1 heterocycles. The van der Waals surface area contributed by atoms with Crippen molar-refractivity contribution in [3.05, 3.63) is 73.1 Å². The highest BCUT2D eigenvalue weighted by atomic mass is 35.5. The summed E-state index contributed by atoms with van der Waals surface area (Å²) < 4.78 is 16.7. The first kappa shape index (κ1) is 20.2. The van der Waals surface area contributed by atoms with E-state index in [4.69, 9.17) is 14.2 Å². The molecule has 7 heteroatoms. The molecular formula is C22H20ClN3O3. The van der Waals surface area contributed by atoms with Crippen molar-refractivity contribution in [2.45, 2.75) is 0 Å². The van der Waals surface area contributed by atoms with Gasteiger partial charge in [0.15, 0.2) is 11.5 Å². The van der Waals surface area contributed by atoms with Gasteiger partial charge < -0.3 is 19.5 Å². The summed E-state index contributed by atoms with van der Waals surface area (Å²) in [6, 6.07) is 21.0. The summed E-state index contributed by atoms with van der Waals surface area (Å²) in [7, 11) is 3.20. The monoisotopic (exact) mass is 409 g/mol. The van der Waals surface area contributed by atoms with E-state index in [1.54, 1.807) is 14.2 Å². The van der Waals surface area contributed by atoms with Crippen LogP contribution in [0.15, 0.2) is 73.1 Å². The van der Waals surface area contributed by atoms with Gasteiger partial charge in [-0.3, -0.25) is 0 Å². The molecule has 0 saturated heterocycles. The maximum absolute atomic E-state index is 5.90. The minimum Gasteiger partial charge on any atom is -0.493 e. The van der Waals surface area contributed by atoms with E-state index >= 15 is 0 Å². The predicted octanol–water partition coefficient (Wildman–Crippen LogP) is 5.60. The first-order chi connectivity index (χ1) is 13.8. The smallest absolute Gasteiger partial charge is 0.162 e. The fourth-order valence-corrected chi connectivity index (χ4v) is 2.88. The summed E-state index contributed by atoms with van der Waals surface area (Å²) in [5.41, 5.74) is 1.61. The highest BCUT2D eigenvalue weighted by Gasteiger charge is 2.11. The average molecular weight is 410 g/mol. The Hall–Kier alpha value is -3.51. The number of anilines is 2. The van der Waals surface area contributed by atoms with E-state index in [1.165, 1.54) is 6.33 Å². The molecule has 0 aliphatic rings. The quantitative estimate of drug-likeness (QED) is 0.447. The van der Waals surface area contributed by atoms with Crippen LogP contribution in [0.3, 0.4) is 0 Å². The first-order valence-corrected chi connectivity index (χ1v) is 8.73. The number of hydrogen-bond donors (Lipinski definition) is 1. The number of aromatic nitrogens is 2. The Labute approximate surface area is 174 Å². The van der Waals surface area contributed by atoms with Crippen LogP contribution >= 0.6 is 12.4 Å². The second-order valence-electron chi connectivity index (χ2n) is 6.01. The average Bonchev–Trinajstić information content (AvgIpc) is 2.74. The second-order valence-corrected chi connectivity index (χ2v) is 6.01. The van der Waals surface area contributed by atoms with Crippen molar-refractivity contribution < 1.29 is 14.2 Å². The van der Waals surface area contributed by atoms with Gasteiger partial charge >= 0.3 is 0 Å². The third-order valence-electron chi connectivity index (χ3n) is 4.22. The van der Waals surface area contributed by atoms with Gasteiger partial charge in [-0.25, -0.2) is 9.97 Å². The van der Waals surface area contributed by atoms with E-state index in [0.717, 1.165) is 28.1 Å². The number of methoxy groups -OCH3 is 2. The Bertz CT molecular complexity index is 1110. The number of para-hydroxylation sites is 1. The standard InChI is InChI=1S/C22H19N3O3.ClH/c1-26-20-12-18-19(13-21(20)27-2)23-14-24-22(18)25-15-7-6-10-17(11-15)28-16-8-4-3-5-9-16;/h3-14H,1-2H3,(H,23,24,25);1H. The number of nitrogens with one attached hydrogen (secondary N) is 1. The molecule has 0 radical (unpaired) electrons. The van der Waals surface area contributed by atoms with E-state index < -0.39 is 0 Å². The maximum atomic E-state index is 5.90. The van der Waals surface area contributed by atoms with E-state index in [1.807, 2.05) is 66.7 Å². The predicted molar refractivity (Wildman–Crippen MR) is 116 cm³/mol. The summed E-state index contributed by atoms with van der Waals surface area (Å²) in [5, 5.41) is 4.16. The van der Waals surface area contributed by atoms with Gasteiger partial charge in [0.1, 0.15) is 23.6 Å². The largest absolute Gasteiger partial charge is 0.493 e. The fourth-order valence-electron chi connectivity index (χ4n) is 2.88. The summed E-state index contributed by atoms with van der Waals surface area (Å²) in [4.78, 5) is 8.72. The van der Waals surface area contributed by atoms with E-state index in [9.17, 15) is 0 Å². The molecular weight excluding hydrogens is 390 g/mol. The molecule has 0 unspecified atom stereocenters. The van der Waals surface area contributed by atoms with Crippen LogP contribution in [-0.4, -0.2) is 24.2 Å². The van der Waals surface area contributed by atoms with Crippen LogP contribution in [0.2, 0.25) is 0 Å². The number of benzene rings is 3. The van der Waals surface area contributed by atoms with Gasteiger partial charge in [0, 0.05) is 23.2 Å². The van der Waals surface area contributed by atoms with Crippen LogP contribution in [0, 0.1) is 0 Å². The number of fused-ring (bicyclic) bond motifs is 1. The Morgan fingerprint density at radius 3 is 2.24 bits per heavy atom. The highest BCUT2D eigenvalue weighted by molar-refractivity contribution is 5.93. The summed E-state index contributed by atoms with van der Waals surface area (Å²) in [6.45, 7) is 0. The van der Waals surface area contributed by atoms with Crippen LogP contribution in [-0.2, 0) is 0 Å². The van der Waals surface area contributed by atoms with Crippen molar-refractivity contribution in [3.63, 3.8) is 0 Å². The third-order valence-corrected chi connectivity index (χ3v) is 4.22. The zero-order valence-corrected chi connectivity index (χ0v) is 16.8. The van der Waals surface area contributed by atoms with Crippen LogP contribution in [0.1, 0.15) is 0 Å². The molecule has 29 heavy (non-hydrogen) atoms. The molecule has 0 amide bonds. The second kappa shape index (κ2) is 9.12. The lowest BCUT2D eigenvalue weighted by Gasteiger charge is -2.13. The minimum atomic E-state index is 0. The summed E-state index contributed by atoms with van der Waals surface area (Å²) in [5.74, 6) is 3.42. The highest BCUT2D eigenvalue weighted by Crippen LogP contribution is 2.34. The van der Waals surface area contributed by atoms with Crippen LogP contribution < -0.4 is 19.5 Å².